The van der Waals surface area contributed by atoms with Crippen LogP contribution in [0.5, 0.6) is 11.5 Å². The molecule has 1 heterocycles. The van der Waals surface area contributed by atoms with E-state index in [1.165, 1.54) is 12.1 Å². The fraction of sp³-hybridized carbons (Fsp3) is 0.381. The highest BCUT2D eigenvalue weighted by molar-refractivity contribution is 9.10. The van der Waals surface area contributed by atoms with Crippen molar-refractivity contribution in [2.75, 3.05) is 27.3 Å². The summed E-state index contributed by atoms with van der Waals surface area (Å²) in [4.78, 5) is 14.8. The largest absolute Gasteiger partial charge is 0.497 e. The Bertz CT molecular complexity index is 995. The van der Waals surface area contributed by atoms with E-state index in [0.717, 1.165) is 22.9 Å². The molecule has 1 N–H and O–H groups in total. The minimum absolute atomic E-state index is 0.0419. The minimum atomic E-state index is -3.66. The summed E-state index contributed by atoms with van der Waals surface area (Å²) in [6.07, 6.45) is 1.81. The van der Waals surface area contributed by atoms with Crippen molar-refractivity contribution in [1.29, 1.82) is 0 Å². The number of methoxy groups -OCH3 is 2. The summed E-state index contributed by atoms with van der Waals surface area (Å²) < 4.78 is 38.8. The van der Waals surface area contributed by atoms with Gasteiger partial charge in [-0.05, 0) is 49.2 Å². The molecular formula is C21H25BrN2O5S. The normalized spacial score (nSPS) is 16.5. The van der Waals surface area contributed by atoms with Crippen molar-refractivity contribution in [3.63, 3.8) is 0 Å². The smallest absolute Gasteiger partial charge is 0.240 e. The highest BCUT2D eigenvalue weighted by atomic mass is 79.9. The Hall–Kier alpha value is -2.10. The summed E-state index contributed by atoms with van der Waals surface area (Å²) in [6, 6.07) is 11.8. The van der Waals surface area contributed by atoms with Gasteiger partial charge in [-0.2, -0.15) is 0 Å². The van der Waals surface area contributed by atoms with Crippen LogP contribution in [0.3, 0.4) is 0 Å². The second kappa shape index (κ2) is 9.80. The second-order valence-electron chi connectivity index (χ2n) is 6.95. The molecule has 1 fully saturated rings. The average Bonchev–Trinajstić information content (AvgIpc) is 3.23. The lowest BCUT2D eigenvalue weighted by Gasteiger charge is -2.26. The molecule has 7 nitrogen and oxygen atoms in total. The summed E-state index contributed by atoms with van der Waals surface area (Å²) in [5.74, 6) is 1.28. The Morgan fingerprint density at radius 1 is 1.17 bits per heavy atom. The SMILES string of the molecule is COc1ccc(C2CCCN2C(=O)CCNS(=O)(=O)c2ccc(Br)cc2)c(OC)c1. The van der Waals surface area contributed by atoms with E-state index in [9.17, 15) is 13.2 Å². The summed E-state index contributed by atoms with van der Waals surface area (Å²) in [5, 5.41) is 0. The predicted molar refractivity (Wildman–Crippen MR) is 117 cm³/mol. The Morgan fingerprint density at radius 3 is 2.57 bits per heavy atom. The third-order valence-corrected chi connectivity index (χ3v) is 7.13. The molecule has 9 heteroatoms. The summed E-state index contributed by atoms with van der Waals surface area (Å²) in [5.41, 5.74) is 0.930. The van der Waals surface area contributed by atoms with E-state index in [4.69, 9.17) is 9.47 Å². The molecule has 1 unspecified atom stereocenters. The van der Waals surface area contributed by atoms with Gasteiger partial charge in [0.15, 0.2) is 0 Å². The molecule has 1 atom stereocenters. The van der Waals surface area contributed by atoms with Gasteiger partial charge >= 0.3 is 0 Å². The number of benzene rings is 2. The molecule has 1 saturated heterocycles. The predicted octanol–water partition coefficient (Wildman–Crippen LogP) is 3.50. The van der Waals surface area contributed by atoms with Gasteiger partial charge in [-0.1, -0.05) is 15.9 Å². The fourth-order valence-corrected chi connectivity index (χ4v) is 4.91. The standard InChI is InChI=1S/C21H25BrN2O5S/c1-28-16-7-10-18(20(14-16)29-2)19-4-3-13-24(19)21(25)11-12-23-30(26,27)17-8-5-15(22)6-9-17/h5-10,14,19,23H,3-4,11-13H2,1-2H3. The third-order valence-electron chi connectivity index (χ3n) is 5.13. The first kappa shape index (κ1) is 22.6. The Balaban J connectivity index is 1.64. The van der Waals surface area contributed by atoms with Gasteiger partial charge in [-0.3, -0.25) is 4.79 Å². The molecule has 30 heavy (non-hydrogen) atoms. The quantitative estimate of drug-likeness (QED) is 0.604. The van der Waals surface area contributed by atoms with Crippen molar-refractivity contribution < 1.29 is 22.7 Å². The number of nitrogens with zero attached hydrogens (tertiary/aromatic N) is 1. The van der Waals surface area contributed by atoms with E-state index >= 15 is 0 Å². The maximum atomic E-state index is 12.8. The maximum absolute atomic E-state index is 12.8. The van der Waals surface area contributed by atoms with Crippen LogP contribution in [0.4, 0.5) is 0 Å². The number of carbonyl (C=O) groups is 1. The molecule has 0 aliphatic carbocycles. The molecule has 0 saturated carbocycles. The van der Waals surface area contributed by atoms with E-state index in [2.05, 4.69) is 20.7 Å². The molecule has 0 radical (unpaired) electrons. The van der Waals surface area contributed by atoms with E-state index in [-0.39, 0.29) is 29.8 Å². The summed E-state index contributed by atoms with van der Waals surface area (Å²) in [7, 11) is -0.470. The van der Waals surface area contributed by atoms with Crippen molar-refractivity contribution in [2.45, 2.75) is 30.2 Å². The minimum Gasteiger partial charge on any atom is -0.497 e. The van der Waals surface area contributed by atoms with Gasteiger partial charge in [0.05, 0.1) is 25.2 Å². The van der Waals surface area contributed by atoms with Gasteiger partial charge in [0.2, 0.25) is 15.9 Å². The van der Waals surface area contributed by atoms with Gasteiger partial charge in [0.1, 0.15) is 11.5 Å². The molecule has 2 aromatic carbocycles. The first-order valence-corrected chi connectivity index (χ1v) is 11.9. The molecule has 2 aromatic rings. The highest BCUT2D eigenvalue weighted by Crippen LogP contribution is 2.38. The monoisotopic (exact) mass is 496 g/mol. The fourth-order valence-electron chi connectivity index (χ4n) is 3.62. The Labute approximate surface area is 185 Å². The van der Waals surface area contributed by atoms with Crippen molar-refractivity contribution in [3.8, 4) is 11.5 Å². The lowest BCUT2D eigenvalue weighted by molar-refractivity contribution is -0.132. The van der Waals surface area contributed by atoms with Crippen LogP contribution < -0.4 is 14.2 Å². The number of nitrogens with one attached hydrogen (secondary N) is 1. The zero-order valence-corrected chi connectivity index (χ0v) is 19.3. The van der Waals surface area contributed by atoms with E-state index in [1.807, 2.05) is 18.2 Å². The number of likely N-dealkylation sites (tertiary alicyclic amines) is 1. The first-order chi connectivity index (χ1) is 14.4. The van der Waals surface area contributed by atoms with Crippen LogP contribution in [0, 0.1) is 0 Å². The van der Waals surface area contributed by atoms with Crippen LogP contribution in [0.25, 0.3) is 0 Å². The molecule has 162 valence electrons. The van der Waals surface area contributed by atoms with Gasteiger partial charge in [0, 0.05) is 35.6 Å². The molecule has 1 amide bonds. The summed E-state index contributed by atoms with van der Waals surface area (Å²) in [6.45, 7) is 0.679. The van der Waals surface area contributed by atoms with E-state index in [0.29, 0.717) is 18.0 Å². The number of carbonyl (C=O) groups excluding carboxylic acids is 1. The van der Waals surface area contributed by atoms with Crippen LogP contribution in [-0.2, 0) is 14.8 Å². The average molecular weight is 497 g/mol. The van der Waals surface area contributed by atoms with Gasteiger partial charge in [0.25, 0.3) is 0 Å². The first-order valence-electron chi connectivity index (χ1n) is 9.62. The van der Waals surface area contributed by atoms with Crippen LogP contribution >= 0.6 is 15.9 Å². The molecule has 1 aliphatic rings. The third kappa shape index (κ3) is 5.14. The number of amides is 1. The second-order valence-corrected chi connectivity index (χ2v) is 9.64. The van der Waals surface area contributed by atoms with Crippen molar-refractivity contribution in [1.82, 2.24) is 9.62 Å². The molecule has 3 rings (SSSR count). The Kier molecular flexibility index (Phi) is 7.38. The maximum Gasteiger partial charge on any atom is 0.240 e. The lowest BCUT2D eigenvalue weighted by Crippen LogP contribution is -2.34. The molecule has 0 bridgehead atoms. The Morgan fingerprint density at radius 2 is 1.90 bits per heavy atom. The molecular weight excluding hydrogens is 472 g/mol. The number of rotatable bonds is 8. The molecule has 0 aromatic heterocycles. The van der Waals surface area contributed by atoms with Crippen molar-refractivity contribution in [2.24, 2.45) is 0 Å². The topological polar surface area (TPSA) is 84.9 Å². The molecule has 1 aliphatic heterocycles. The van der Waals surface area contributed by atoms with E-state index in [1.54, 1.807) is 31.3 Å². The number of halogens is 1. The zero-order valence-electron chi connectivity index (χ0n) is 16.9. The number of hydrogen-bond donors (Lipinski definition) is 1. The van der Waals surface area contributed by atoms with Crippen LogP contribution in [0.15, 0.2) is 51.8 Å². The number of hydrogen-bond acceptors (Lipinski definition) is 5. The number of sulfonamides is 1. The zero-order chi connectivity index (χ0) is 21.7. The van der Waals surface area contributed by atoms with Gasteiger partial charge < -0.3 is 14.4 Å². The van der Waals surface area contributed by atoms with Crippen molar-refractivity contribution in [3.05, 3.63) is 52.5 Å². The van der Waals surface area contributed by atoms with Crippen LogP contribution in [-0.4, -0.2) is 46.5 Å². The van der Waals surface area contributed by atoms with Gasteiger partial charge in [-0.25, -0.2) is 13.1 Å². The van der Waals surface area contributed by atoms with Gasteiger partial charge in [-0.15, -0.1) is 0 Å². The lowest BCUT2D eigenvalue weighted by atomic mass is 10.0. The summed E-state index contributed by atoms with van der Waals surface area (Å²) >= 11 is 3.28. The van der Waals surface area contributed by atoms with Crippen LogP contribution in [0.2, 0.25) is 0 Å². The highest BCUT2D eigenvalue weighted by Gasteiger charge is 2.31. The van der Waals surface area contributed by atoms with Crippen molar-refractivity contribution >= 4 is 31.9 Å². The van der Waals surface area contributed by atoms with E-state index < -0.39 is 10.0 Å². The molecule has 0 spiro atoms. The van der Waals surface area contributed by atoms with Crippen LogP contribution in [0.1, 0.15) is 30.9 Å². The number of ether oxygens (including phenoxy) is 2.